The fourth-order valence-corrected chi connectivity index (χ4v) is 0.977. The number of nitrogens with one attached hydrogen (secondary N) is 1. The highest BCUT2D eigenvalue weighted by molar-refractivity contribution is 5.15. The SMILES string of the molecule is C#CC(/C=C(/C)CCC)NC. The molecule has 0 rings (SSSR count). The maximum absolute atomic E-state index is 5.27. The van der Waals surface area contributed by atoms with Crippen LogP contribution in [-0.2, 0) is 0 Å². The summed E-state index contributed by atoms with van der Waals surface area (Å²) in [7, 11) is 1.88. The Bertz CT molecular complexity index is 162. The van der Waals surface area contributed by atoms with Crippen molar-refractivity contribution in [3.05, 3.63) is 11.6 Å². The molecule has 1 nitrogen and oxygen atoms in total. The topological polar surface area (TPSA) is 12.0 Å². The number of hydrogen-bond donors (Lipinski definition) is 1. The maximum Gasteiger partial charge on any atom is 0.0873 e. The molecular formula is C10H17N. The van der Waals surface area contributed by atoms with Crippen LogP contribution in [0.1, 0.15) is 26.7 Å². The van der Waals surface area contributed by atoms with Crippen LogP contribution >= 0.6 is 0 Å². The van der Waals surface area contributed by atoms with E-state index < -0.39 is 0 Å². The van der Waals surface area contributed by atoms with Crippen LogP contribution in [0.4, 0.5) is 0 Å². The average Bonchev–Trinajstić information content (AvgIpc) is 2.01. The van der Waals surface area contributed by atoms with Crippen molar-refractivity contribution in [3.8, 4) is 12.3 Å². The lowest BCUT2D eigenvalue weighted by Crippen LogP contribution is -2.20. The Kier molecular flexibility index (Phi) is 5.60. The van der Waals surface area contributed by atoms with E-state index in [4.69, 9.17) is 6.42 Å². The minimum absolute atomic E-state index is 0.0987. The molecule has 0 aliphatic rings. The second-order valence-electron chi connectivity index (χ2n) is 2.70. The van der Waals surface area contributed by atoms with Gasteiger partial charge in [-0.3, -0.25) is 0 Å². The molecule has 0 aromatic rings. The Labute approximate surface area is 69.9 Å². The molecule has 1 unspecified atom stereocenters. The van der Waals surface area contributed by atoms with Gasteiger partial charge in [0.2, 0.25) is 0 Å². The summed E-state index contributed by atoms with van der Waals surface area (Å²) >= 11 is 0. The lowest BCUT2D eigenvalue weighted by atomic mass is 10.1. The minimum Gasteiger partial charge on any atom is -0.304 e. The Hall–Kier alpha value is -0.740. The molecule has 0 spiro atoms. The van der Waals surface area contributed by atoms with E-state index in [1.165, 1.54) is 12.0 Å². The van der Waals surface area contributed by atoms with Crippen LogP contribution in [0.15, 0.2) is 11.6 Å². The molecule has 0 amide bonds. The zero-order valence-electron chi connectivity index (χ0n) is 7.65. The summed E-state index contributed by atoms with van der Waals surface area (Å²) < 4.78 is 0. The van der Waals surface area contributed by atoms with Gasteiger partial charge in [0.25, 0.3) is 0 Å². The fraction of sp³-hybridized carbons (Fsp3) is 0.600. The molecule has 1 N–H and O–H groups in total. The van der Waals surface area contributed by atoms with Crippen LogP contribution in [0.2, 0.25) is 0 Å². The van der Waals surface area contributed by atoms with E-state index in [1.807, 2.05) is 7.05 Å². The molecule has 0 aromatic heterocycles. The molecule has 0 bridgehead atoms. The van der Waals surface area contributed by atoms with Crippen LogP contribution in [0.25, 0.3) is 0 Å². The van der Waals surface area contributed by atoms with Gasteiger partial charge in [0, 0.05) is 0 Å². The Morgan fingerprint density at radius 1 is 1.73 bits per heavy atom. The first kappa shape index (κ1) is 10.3. The third-order valence-electron chi connectivity index (χ3n) is 1.59. The van der Waals surface area contributed by atoms with E-state index >= 15 is 0 Å². The number of allylic oxidation sites excluding steroid dienone is 1. The summed E-state index contributed by atoms with van der Waals surface area (Å²) in [6.07, 6.45) is 9.69. The van der Waals surface area contributed by atoms with Crippen LogP contribution in [-0.4, -0.2) is 13.1 Å². The maximum atomic E-state index is 5.27. The molecular weight excluding hydrogens is 134 g/mol. The average molecular weight is 151 g/mol. The quantitative estimate of drug-likeness (QED) is 0.478. The van der Waals surface area contributed by atoms with Crippen molar-refractivity contribution < 1.29 is 0 Å². The summed E-state index contributed by atoms with van der Waals surface area (Å²) in [5.74, 6) is 2.65. The van der Waals surface area contributed by atoms with Crippen molar-refractivity contribution in [1.29, 1.82) is 0 Å². The zero-order valence-corrected chi connectivity index (χ0v) is 7.65. The van der Waals surface area contributed by atoms with E-state index in [9.17, 15) is 0 Å². The molecule has 1 heteroatoms. The molecule has 1 atom stereocenters. The summed E-state index contributed by atoms with van der Waals surface area (Å²) in [6.45, 7) is 4.28. The molecule has 0 aliphatic carbocycles. The zero-order chi connectivity index (χ0) is 8.69. The first-order chi connectivity index (χ1) is 5.24. The van der Waals surface area contributed by atoms with Crippen molar-refractivity contribution in [3.63, 3.8) is 0 Å². The van der Waals surface area contributed by atoms with Crippen molar-refractivity contribution in [1.82, 2.24) is 5.32 Å². The van der Waals surface area contributed by atoms with E-state index in [0.29, 0.717) is 0 Å². The van der Waals surface area contributed by atoms with Gasteiger partial charge in [0.1, 0.15) is 0 Å². The normalized spacial score (nSPS) is 14.2. The third-order valence-corrected chi connectivity index (χ3v) is 1.59. The largest absolute Gasteiger partial charge is 0.304 e. The first-order valence-corrected chi connectivity index (χ1v) is 4.05. The predicted octanol–water partition coefficient (Wildman–Crippen LogP) is 1.95. The Morgan fingerprint density at radius 3 is 2.73 bits per heavy atom. The number of likely N-dealkylation sites (N-methyl/N-ethyl adjacent to an activating group) is 1. The molecule has 0 heterocycles. The number of rotatable bonds is 4. The van der Waals surface area contributed by atoms with Crippen LogP contribution in [0, 0.1) is 12.3 Å². The summed E-state index contributed by atoms with van der Waals surface area (Å²) in [4.78, 5) is 0. The van der Waals surface area contributed by atoms with Gasteiger partial charge in [0.15, 0.2) is 0 Å². The first-order valence-electron chi connectivity index (χ1n) is 4.05. The summed E-state index contributed by atoms with van der Waals surface area (Å²) in [6, 6.07) is 0.0987. The van der Waals surface area contributed by atoms with Gasteiger partial charge in [-0.1, -0.05) is 30.9 Å². The van der Waals surface area contributed by atoms with E-state index in [-0.39, 0.29) is 6.04 Å². The van der Waals surface area contributed by atoms with Crippen molar-refractivity contribution in [2.24, 2.45) is 0 Å². The molecule has 0 saturated carbocycles. The third kappa shape index (κ3) is 4.64. The fourth-order valence-electron chi connectivity index (χ4n) is 0.977. The lowest BCUT2D eigenvalue weighted by molar-refractivity contribution is 0.792. The monoisotopic (exact) mass is 151 g/mol. The molecule has 62 valence electrons. The number of hydrogen-bond acceptors (Lipinski definition) is 1. The van der Waals surface area contributed by atoms with Gasteiger partial charge in [-0.05, 0) is 20.4 Å². The molecule has 0 radical (unpaired) electrons. The van der Waals surface area contributed by atoms with Gasteiger partial charge in [-0.15, -0.1) is 6.42 Å². The second kappa shape index (κ2) is 6.00. The van der Waals surface area contributed by atoms with Crippen LogP contribution in [0.3, 0.4) is 0 Å². The van der Waals surface area contributed by atoms with E-state index in [0.717, 1.165) is 6.42 Å². The smallest absolute Gasteiger partial charge is 0.0873 e. The molecule has 11 heavy (non-hydrogen) atoms. The van der Waals surface area contributed by atoms with Crippen molar-refractivity contribution in [2.45, 2.75) is 32.7 Å². The molecule has 0 saturated heterocycles. The predicted molar refractivity (Wildman–Crippen MR) is 50.3 cm³/mol. The van der Waals surface area contributed by atoms with E-state index in [1.54, 1.807) is 0 Å². The van der Waals surface area contributed by atoms with Gasteiger partial charge in [-0.2, -0.15) is 0 Å². The van der Waals surface area contributed by atoms with Gasteiger partial charge in [-0.25, -0.2) is 0 Å². The van der Waals surface area contributed by atoms with Crippen LogP contribution in [0.5, 0.6) is 0 Å². The Balaban J connectivity index is 3.95. The summed E-state index contributed by atoms with van der Waals surface area (Å²) in [5, 5.41) is 3.03. The Morgan fingerprint density at radius 2 is 2.36 bits per heavy atom. The van der Waals surface area contributed by atoms with Gasteiger partial charge >= 0.3 is 0 Å². The highest BCUT2D eigenvalue weighted by atomic mass is 14.8. The second-order valence-corrected chi connectivity index (χ2v) is 2.70. The lowest BCUT2D eigenvalue weighted by Gasteiger charge is -2.04. The summed E-state index contributed by atoms with van der Waals surface area (Å²) in [5.41, 5.74) is 1.37. The minimum atomic E-state index is 0.0987. The van der Waals surface area contributed by atoms with E-state index in [2.05, 4.69) is 31.2 Å². The highest BCUT2D eigenvalue weighted by Gasteiger charge is 1.95. The van der Waals surface area contributed by atoms with Gasteiger partial charge in [0.05, 0.1) is 6.04 Å². The van der Waals surface area contributed by atoms with Gasteiger partial charge < -0.3 is 5.32 Å². The van der Waals surface area contributed by atoms with Crippen molar-refractivity contribution >= 4 is 0 Å². The molecule has 0 aromatic carbocycles. The van der Waals surface area contributed by atoms with Crippen molar-refractivity contribution in [2.75, 3.05) is 7.05 Å². The molecule has 0 fully saturated rings. The standard InChI is InChI=1S/C10H17N/c1-5-7-9(3)8-10(6-2)11-4/h2,8,10-11H,5,7H2,1,3-4H3/b9-8-. The van der Waals surface area contributed by atoms with Crippen LogP contribution < -0.4 is 5.32 Å². The number of terminal acetylenes is 1. The molecule has 0 aliphatic heterocycles. The highest BCUT2D eigenvalue weighted by Crippen LogP contribution is 2.03.